The van der Waals surface area contributed by atoms with Crippen molar-refractivity contribution in [2.24, 2.45) is 7.05 Å². The fourth-order valence-electron chi connectivity index (χ4n) is 1.59. The monoisotopic (exact) mass is 211 g/mol. The maximum Gasteiger partial charge on any atom is 0.331 e. The topological polar surface area (TPSA) is 76.4 Å². The zero-order valence-corrected chi connectivity index (χ0v) is 8.43. The molecule has 2 rings (SSSR count). The standard InChI is InChI=1S/C9H13N3O3/c1-12-4-3-10-8(12)11-9(7(13)14)2-5-15-6-9/h3-4H,2,5-6H2,1H3,(H,10,11)(H,13,14). The Balaban J connectivity index is 2.21. The SMILES string of the molecule is Cn1ccnc1NC1(C(=O)O)CCOC1. The number of aliphatic carboxylic acids is 1. The van der Waals surface area contributed by atoms with Crippen molar-refractivity contribution >= 4 is 11.9 Å². The van der Waals surface area contributed by atoms with Gasteiger partial charge in [0.25, 0.3) is 0 Å². The number of carboxylic acids is 1. The number of ether oxygens (including phenoxy) is 1. The Morgan fingerprint density at radius 2 is 2.60 bits per heavy atom. The molecule has 0 aromatic carbocycles. The van der Waals surface area contributed by atoms with Crippen molar-refractivity contribution in [3.8, 4) is 0 Å². The molecule has 1 saturated heterocycles. The van der Waals surface area contributed by atoms with E-state index in [2.05, 4.69) is 10.3 Å². The van der Waals surface area contributed by atoms with Crippen molar-refractivity contribution < 1.29 is 14.6 Å². The maximum atomic E-state index is 11.2. The Morgan fingerprint density at radius 1 is 1.80 bits per heavy atom. The van der Waals surface area contributed by atoms with Gasteiger partial charge in [0.15, 0.2) is 5.54 Å². The molecule has 1 aromatic rings. The highest BCUT2D eigenvalue weighted by Crippen LogP contribution is 2.23. The fourth-order valence-corrected chi connectivity index (χ4v) is 1.59. The lowest BCUT2D eigenvalue weighted by Crippen LogP contribution is -2.47. The summed E-state index contributed by atoms with van der Waals surface area (Å²) in [5.41, 5.74) is -1.03. The van der Waals surface area contributed by atoms with E-state index in [0.29, 0.717) is 19.0 Å². The molecular formula is C9H13N3O3. The molecule has 82 valence electrons. The van der Waals surface area contributed by atoms with Crippen LogP contribution < -0.4 is 5.32 Å². The first kappa shape index (κ1) is 9.97. The molecule has 6 nitrogen and oxygen atoms in total. The first-order valence-electron chi connectivity index (χ1n) is 4.71. The number of aryl methyl sites for hydroxylation is 1. The Morgan fingerprint density at radius 3 is 3.07 bits per heavy atom. The Kier molecular flexibility index (Phi) is 2.36. The van der Waals surface area contributed by atoms with Crippen LogP contribution in [-0.4, -0.2) is 39.4 Å². The molecule has 6 heteroatoms. The van der Waals surface area contributed by atoms with E-state index in [1.807, 2.05) is 0 Å². The third-order valence-electron chi connectivity index (χ3n) is 2.60. The van der Waals surface area contributed by atoms with Gasteiger partial charge >= 0.3 is 5.97 Å². The average molecular weight is 211 g/mol. The number of nitrogens with zero attached hydrogens (tertiary/aromatic N) is 2. The van der Waals surface area contributed by atoms with Crippen LogP contribution in [0.25, 0.3) is 0 Å². The predicted molar refractivity (Wildman–Crippen MR) is 52.6 cm³/mol. The van der Waals surface area contributed by atoms with Gasteiger partial charge in [-0.25, -0.2) is 9.78 Å². The van der Waals surface area contributed by atoms with Gasteiger partial charge in [0.2, 0.25) is 5.95 Å². The number of imidazole rings is 1. The highest BCUT2D eigenvalue weighted by atomic mass is 16.5. The van der Waals surface area contributed by atoms with Crippen molar-refractivity contribution in [2.75, 3.05) is 18.5 Å². The quantitative estimate of drug-likeness (QED) is 0.740. The molecule has 1 unspecified atom stereocenters. The predicted octanol–water partition coefficient (Wildman–Crippen LogP) is 0.0757. The first-order valence-corrected chi connectivity index (χ1v) is 4.71. The van der Waals surface area contributed by atoms with Gasteiger partial charge in [-0.2, -0.15) is 0 Å². The highest BCUT2D eigenvalue weighted by molar-refractivity contribution is 5.82. The van der Waals surface area contributed by atoms with Crippen LogP contribution in [0, 0.1) is 0 Å². The molecule has 0 amide bonds. The summed E-state index contributed by atoms with van der Waals surface area (Å²) in [6.45, 7) is 0.638. The first-order chi connectivity index (χ1) is 7.14. The van der Waals surface area contributed by atoms with Crippen LogP contribution in [-0.2, 0) is 16.6 Å². The maximum absolute atomic E-state index is 11.2. The largest absolute Gasteiger partial charge is 0.479 e. The Labute approximate surface area is 86.9 Å². The summed E-state index contributed by atoms with van der Waals surface area (Å²) >= 11 is 0. The summed E-state index contributed by atoms with van der Waals surface area (Å²) < 4.78 is 6.87. The van der Waals surface area contributed by atoms with Gasteiger partial charge in [-0.3, -0.25) is 0 Å². The molecule has 0 spiro atoms. The molecule has 0 radical (unpaired) electrons. The lowest BCUT2D eigenvalue weighted by molar-refractivity contribution is -0.142. The summed E-state index contributed by atoms with van der Waals surface area (Å²) in [7, 11) is 1.81. The second-order valence-electron chi connectivity index (χ2n) is 3.68. The summed E-state index contributed by atoms with van der Waals surface area (Å²) in [6.07, 6.45) is 3.83. The van der Waals surface area contributed by atoms with E-state index in [0.717, 1.165) is 0 Å². The third-order valence-corrected chi connectivity index (χ3v) is 2.60. The number of carboxylic acid groups (broad SMARTS) is 1. The number of nitrogens with one attached hydrogen (secondary N) is 1. The van der Waals surface area contributed by atoms with Gasteiger partial charge in [-0.1, -0.05) is 0 Å². The van der Waals surface area contributed by atoms with Gasteiger partial charge in [0, 0.05) is 32.5 Å². The summed E-state index contributed by atoms with van der Waals surface area (Å²) in [5.74, 6) is -0.356. The van der Waals surface area contributed by atoms with E-state index in [1.54, 1.807) is 24.0 Å². The normalized spacial score (nSPS) is 25.4. The summed E-state index contributed by atoms with van der Waals surface area (Å²) in [4.78, 5) is 15.2. The van der Waals surface area contributed by atoms with E-state index in [9.17, 15) is 9.90 Å². The van der Waals surface area contributed by atoms with Crippen molar-refractivity contribution in [1.82, 2.24) is 9.55 Å². The minimum atomic E-state index is -1.03. The van der Waals surface area contributed by atoms with Gasteiger partial charge in [-0.15, -0.1) is 0 Å². The van der Waals surface area contributed by atoms with Gasteiger partial charge in [0.05, 0.1) is 6.61 Å². The molecule has 1 aromatic heterocycles. The van der Waals surface area contributed by atoms with E-state index in [-0.39, 0.29) is 6.61 Å². The van der Waals surface area contributed by atoms with Crippen LogP contribution in [0.4, 0.5) is 5.95 Å². The zero-order valence-electron chi connectivity index (χ0n) is 8.43. The Bertz CT molecular complexity index is 368. The lowest BCUT2D eigenvalue weighted by atomic mass is 9.99. The highest BCUT2D eigenvalue weighted by Gasteiger charge is 2.43. The zero-order chi connectivity index (χ0) is 10.9. The van der Waals surface area contributed by atoms with Crippen molar-refractivity contribution in [1.29, 1.82) is 0 Å². The van der Waals surface area contributed by atoms with Crippen LogP contribution in [0.5, 0.6) is 0 Å². The van der Waals surface area contributed by atoms with E-state index in [4.69, 9.17) is 4.74 Å². The lowest BCUT2D eigenvalue weighted by Gasteiger charge is -2.24. The van der Waals surface area contributed by atoms with Crippen LogP contribution in [0.15, 0.2) is 12.4 Å². The van der Waals surface area contributed by atoms with E-state index in [1.165, 1.54) is 0 Å². The third kappa shape index (κ3) is 1.68. The number of carbonyl (C=O) groups is 1. The van der Waals surface area contributed by atoms with Crippen molar-refractivity contribution in [2.45, 2.75) is 12.0 Å². The second-order valence-corrected chi connectivity index (χ2v) is 3.68. The minimum Gasteiger partial charge on any atom is -0.479 e. The molecule has 1 atom stereocenters. The number of hydrogen-bond acceptors (Lipinski definition) is 4. The smallest absolute Gasteiger partial charge is 0.331 e. The molecule has 2 N–H and O–H groups in total. The number of anilines is 1. The number of aromatic nitrogens is 2. The van der Waals surface area contributed by atoms with E-state index < -0.39 is 11.5 Å². The van der Waals surface area contributed by atoms with Gasteiger partial charge < -0.3 is 19.7 Å². The van der Waals surface area contributed by atoms with Gasteiger partial charge in [0.1, 0.15) is 0 Å². The molecule has 1 aliphatic heterocycles. The number of rotatable bonds is 3. The molecule has 1 aliphatic rings. The van der Waals surface area contributed by atoms with Crippen LogP contribution in [0.1, 0.15) is 6.42 Å². The molecule has 1 fully saturated rings. The van der Waals surface area contributed by atoms with Gasteiger partial charge in [-0.05, 0) is 0 Å². The number of hydrogen-bond donors (Lipinski definition) is 2. The molecule has 0 bridgehead atoms. The minimum absolute atomic E-state index is 0.176. The molecular weight excluding hydrogens is 198 g/mol. The fraction of sp³-hybridized carbons (Fsp3) is 0.556. The average Bonchev–Trinajstić information content (AvgIpc) is 2.78. The summed E-state index contributed by atoms with van der Waals surface area (Å²) in [5, 5.41) is 12.1. The van der Waals surface area contributed by atoms with Crippen LogP contribution in [0.2, 0.25) is 0 Å². The molecule has 0 aliphatic carbocycles. The van der Waals surface area contributed by atoms with Crippen LogP contribution >= 0.6 is 0 Å². The van der Waals surface area contributed by atoms with Crippen molar-refractivity contribution in [3.05, 3.63) is 12.4 Å². The Hall–Kier alpha value is -1.56. The summed E-state index contributed by atoms with van der Waals surface area (Å²) in [6, 6.07) is 0. The second kappa shape index (κ2) is 3.54. The van der Waals surface area contributed by atoms with Crippen molar-refractivity contribution in [3.63, 3.8) is 0 Å². The van der Waals surface area contributed by atoms with E-state index >= 15 is 0 Å². The molecule has 0 saturated carbocycles. The van der Waals surface area contributed by atoms with Crippen LogP contribution in [0.3, 0.4) is 0 Å². The molecule has 2 heterocycles. The molecule has 15 heavy (non-hydrogen) atoms.